The number of hydrogen-bond donors (Lipinski definition) is 1. The third-order valence-electron chi connectivity index (χ3n) is 6.02. The maximum Gasteiger partial charge on any atom is 0.226 e. The molecule has 1 fully saturated rings. The summed E-state index contributed by atoms with van der Waals surface area (Å²) in [7, 11) is 0. The van der Waals surface area contributed by atoms with Crippen molar-refractivity contribution in [3.05, 3.63) is 11.4 Å². The van der Waals surface area contributed by atoms with Crippen LogP contribution in [-0.2, 0) is 6.42 Å². The first-order valence-corrected chi connectivity index (χ1v) is 12.0. The van der Waals surface area contributed by atoms with Gasteiger partial charge in [0.05, 0.1) is 11.4 Å². The molecular weight excluding hydrogens is 346 g/mol. The third kappa shape index (κ3) is 8.36. The minimum Gasteiger partial charge on any atom is -0.504 e. The van der Waals surface area contributed by atoms with Gasteiger partial charge in [0.25, 0.3) is 0 Å². The van der Waals surface area contributed by atoms with Gasteiger partial charge in [-0.05, 0) is 26.2 Å². The molecule has 0 aliphatic carbocycles. The molecule has 0 saturated carbocycles. The van der Waals surface area contributed by atoms with Crippen molar-refractivity contribution in [2.24, 2.45) is 0 Å². The summed E-state index contributed by atoms with van der Waals surface area (Å²) >= 11 is 0. The van der Waals surface area contributed by atoms with Crippen LogP contribution in [0.4, 0.5) is 5.95 Å². The van der Waals surface area contributed by atoms with Crippen LogP contribution in [-0.4, -0.2) is 28.2 Å². The Morgan fingerprint density at radius 3 is 1.71 bits per heavy atom. The standard InChI is InChI=1S/C24H43N3O/c1-3-4-5-6-7-8-9-10-11-12-13-14-15-16-18-22-23(28)21(2)25-24(26-22)27-19-17-20-27/h28H,3-20H2,1-2H3. The molecule has 160 valence electrons. The zero-order valence-electron chi connectivity index (χ0n) is 18.5. The molecular formula is C24H43N3O. The van der Waals surface area contributed by atoms with E-state index in [9.17, 15) is 5.11 Å². The lowest BCUT2D eigenvalue weighted by Gasteiger charge is -2.31. The van der Waals surface area contributed by atoms with Gasteiger partial charge in [-0.3, -0.25) is 0 Å². The molecule has 2 heterocycles. The summed E-state index contributed by atoms with van der Waals surface area (Å²) < 4.78 is 0. The van der Waals surface area contributed by atoms with Gasteiger partial charge in [0.1, 0.15) is 0 Å². The van der Waals surface area contributed by atoms with Crippen molar-refractivity contribution >= 4 is 5.95 Å². The van der Waals surface area contributed by atoms with Gasteiger partial charge in [-0.15, -0.1) is 0 Å². The molecule has 0 spiro atoms. The average Bonchev–Trinajstić information content (AvgIpc) is 2.64. The van der Waals surface area contributed by atoms with Crippen molar-refractivity contribution in [3.8, 4) is 5.75 Å². The van der Waals surface area contributed by atoms with E-state index in [1.165, 1.54) is 89.9 Å². The zero-order valence-corrected chi connectivity index (χ0v) is 18.5. The lowest BCUT2D eigenvalue weighted by molar-refractivity contribution is 0.451. The lowest BCUT2D eigenvalue weighted by atomic mass is 10.0. The van der Waals surface area contributed by atoms with Crippen LogP contribution in [0.5, 0.6) is 5.75 Å². The SMILES string of the molecule is CCCCCCCCCCCCCCCCc1nc(N2CCC2)nc(C)c1O. The van der Waals surface area contributed by atoms with Gasteiger partial charge < -0.3 is 10.0 Å². The average molecular weight is 390 g/mol. The van der Waals surface area contributed by atoms with Gasteiger partial charge in [0, 0.05) is 13.1 Å². The second kappa shape index (κ2) is 13.8. The van der Waals surface area contributed by atoms with E-state index >= 15 is 0 Å². The van der Waals surface area contributed by atoms with Crippen molar-refractivity contribution < 1.29 is 5.11 Å². The lowest BCUT2D eigenvalue weighted by Crippen LogP contribution is -2.38. The van der Waals surface area contributed by atoms with Gasteiger partial charge in [-0.1, -0.05) is 90.4 Å². The molecule has 1 aromatic heterocycles. The Balaban J connectivity index is 1.47. The maximum atomic E-state index is 10.3. The van der Waals surface area contributed by atoms with Crippen molar-refractivity contribution in [1.29, 1.82) is 0 Å². The number of aromatic hydroxyl groups is 1. The molecule has 1 saturated heterocycles. The highest BCUT2D eigenvalue weighted by molar-refractivity contribution is 5.41. The predicted molar refractivity (Wildman–Crippen MR) is 119 cm³/mol. The molecule has 2 rings (SSSR count). The van der Waals surface area contributed by atoms with Crippen LogP contribution in [0.2, 0.25) is 0 Å². The molecule has 1 aliphatic heterocycles. The summed E-state index contributed by atoms with van der Waals surface area (Å²) in [6.07, 6.45) is 21.2. The topological polar surface area (TPSA) is 49.2 Å². The summed E-state index contributed by atoms with van der Waals surface area (Å²) in [5, 5.41) is 10.3. The van der Waals surface area contributed by atoms with Gasteiger partial charge in [0.2, 0.25) is 5.95 Å². The number of aryl methyl sites for hydroxylation is 2. The second-order valence-corrected chi connectivity index (χ2v) is 8.59. The zero-order chi connectivity index (χ0) is 20.0. The number of hydrogen-bond acceptors (Lipinski definition) is 4. The van der Waals surface area contributed by atoms with E-state index in [-0.39, 0.29) is 0 Å². The second-order valence-electron chi connectivity index (χ2n) is 8.59. The molecule has 0 unspecified atom stereocenters. The minimum absolute atomic E-state index is 0.305. The normalized spacial score (nSPS) is 13.7. The van der Waals surface area contributed by atoms with Crippen LogP contribution in [0.25, 0.3) is 0 Å². The fraction of sp³-hybridized carbons (Fsp3) is 0.833. The first-order chi connectivity index (χ1) is 13.7. The molecule has 0 atom stereocenters. The summed E-state index contributed by atoms with van der Waals surface area (Å²) in [6.45, 7) is 6.26. The third-order valence-corrected chi connectivity index (χ3v) is 6.02. The Morgan fingerprint density at radius 2 is 1.25 bits per heavy atom. The fourth-order valence-corrected chi connectivity index (χ4v) is 3.93. The fourth-order valence-electron chi connectivity index (χ4n) is 3.93. The first-order valence-electron chi connectivity index (χ1n) is 12.0. The molecule has 0 aromatic carbocycles. The molecule has 0 radical (unpaired) electrons. The van der Waals surface area contributed by atoms with Crippen molar-refractivity contribution in [3.63, 3.8) is 0 Å². The molecule has 1 aliphatic rings. The summed E-state index contributed by atoms with van der Waals surface area (Å²) in [6, 6.07) is 0. The van der Waals surface area contributed by atoms with E-state index in [4.69, 9.17) is 0 Å². The van der Waals surface area contributed by atoms with E-state index in [2.05, 4.69) is 21.8 Å². The predicted octanol–water partition coefficient (Wildman–Crippen LogP) is 6.72. The Labute approximate surface area is 173 Å². The quantitative estimate of drug-likeness (QED) is 0.319. The van der Waals surface area contributed by atoms with E-state index in [1.807, 2.05) is 6.92 Å². The maximum absolute atomic E-state index is 10.3. The summed E-state index contributed by atoms with van der Waals surface area (Å²) in [5.74, 6) is 1.11. The first kappa shape index (κ1) is 23.0. The largest absolute Gasteiger partial charge is 0.504 e. The molecule has 0 amide bonds. The Hall–Kier alpha value is -1.32. The van der Waals surface area contributed by atoms with Gasteiger partial charge in [-0.2, -0.15) is 0 Å². The van der Waals surface area contributed by atoms with Crippen LogP contribution in [0.15, 0.2) is 0 Å². The molecule has 4 heteroatoms. The van der Waals surface area contributed by atoms with Crippen molar-refractivity contribution in [2.75, 3.05) is 18.0 Å². The van der Waals surface area contributed by atoms with Gasteiger partial charge in [0.15, 0.2) is 5.75 Å². The van der Waals surface area contributed by atoms with Crippen molar-refractivity contribution in [1.82, 2.24) is 9.97 Å². The highest BCUT2D eigenvalue weighted by Crippen LogP contribution is 2.25. The van der Waals surface area contributed by atoms with Crippen LogP contribution < -0.4 is 4.90 Å². The van der Waals surface area contributed by atoms with E-state index < -0.39 is 0 Å². The van der Waals surface area contributed by atoms with E-state index in [0.717, 1.165) is 43.3 Å². The van der Waals surface area contributed by atoms with Crippen LogP contribution in [0.3, 0.4) is 0 Å². The summed E-state index contributed by atoms with van der Waals surface area (Å²) in [5.41, 5.74) is 1.56. The molecule has 1 N–H and O–H groups in total. The Kier molecular flexibility index (Phi) is 11.3. The number of unbranched alkanes of at least 4 members (excludes halogenated alkanes) is 13. The highest BCUT2D eigenvalue weighted by atomic mass is 16.3. The van der Waals surface area contributed by atoms with Crippen LogP contribution in [0, 0.1) is 6.92 Å². The molecule has 4 nitrogen and oxygen atoms in total. The molecule has 0 bridgehead atoms. The van der Waals surface area contributed by atoms with E-state index in [1.54, 1.807) is 0 Å². The molecule has 1 aromatic rings. The van der Waals surface area contributed by atoms with Crippen LogP contribution in [0.1, 0.15) is 115 Å². The number of aromatic nitrogens is 2. The number of rotatable bonds is 16. The monoisotopic (exact) mass is 389 g/mol. The molecule has 28 heavy (non-hydrogen) atoms. The number of nitrogens with zero attached hydrogens (tertiary/aromatic N) is 3. The Morgan fingerprint density at radius 1 is 0.750 bits per heavy atom. The van der Waals surface area contributed by atoms with Crippen LogP contribution >= 0.6 is 0 Å². The smallest absolute Gasteiger partial charge is 0.226 e. The summed E-state index contributed by atoms with van der Waals surface area (Å²) in [4.78, 5) is 11.3. The minimum atomic E-state index is 0.305. The highest BCUT2D eigenvalue weighted by Gasteiger charge is 2.20. The van der Waals surface area contributed by atoms with Gasteiger partial charge >= 0.3 is 0 Å². The Bertz CT molecular complexity index is 543. The van der Waals surface area contributed by atoms with Crippen molar-refractivity contribution in [2.45, 2.75) is 117 Å². The number of anilines is 1. The van der Waals surface area contributed by atoms with Gasteiger partial charge in [-0.25, -0.2) is 9.97 Å². The van der Waals surface area contributed by atoms with E-state index in [0.29, 0.717) is 5.75 Å².